The van der Waals surface area contributed by atoms with E-state index in [9.17, 15) is 13.2 Å². The van der Waals surface area contributed by atoms with E-state index in [0.29, 0.717) is 11.3 Å². The van der Waals surface area contributed by atoms with E-state index in [4.69, 9.17) is 10.9 Å². The summed E-state index contributed by atoms with van der Waals surface area (Å²) in [4.78, 5) is 16.1. The molecule has 0 fully saturated rings. The summed E-state index contributed by atoms with van der Waals surface area (Å²) >= 11 is 0. The topological polar surface area (TPSA) is 128 Å². The standard InChI is InChI=1S/C12H20N4O3S/c1-12(2,3)9-6-8(7-10(13)16-9)11(17)15-4-5-20(14,18)19/h6-7H,4-5H2,1-3H3,(H2,13,16)(H,15,17)(H2,14,18,19). The van der Waals surface area contributed by atoms with Crippen LogP contribution in [0.15, 0.2) is 12.1 Å². The first kappa shape index (κ1) is 16.4. The molecule has 1 heterocycles. The van der Waals surface area contributed by atoms with Gasteiger partial charge in [-0.15, -0.1) is 0 Å². The van der Waals surface area contributed by atoms with Gasteiger partial charge in [0.25, 0.3) is 5.91 Å². The molecule has 1 aromatic heterocycles. The van der Waals surface area contributed by atoms with Gasteiger partial charge in [0.15, 0.2) is 0 Å². The number of carbonyl (C=O) groups is 1. The van der Waals surface area contributed by atoms with Gasteiger partial charge in [-0.3, -0.25) is 4.79 Å². The summed E-state index contributed by atoms with van der Waals surface area (Å²) in [7, 11) is -3.59. The maximum Gasteiger partial charge on any atom is 0.251 e. The second-order valence-electron chi connectivity index (χ2n) is 5.54. The van der Waals surface area contributed by atoms with Crippen molar-refractivity contribution < 1.29 is 13.2 Å². The number of primary sulfonamides is 1. The molecule has 1 aromatic rings. The molecule has 0 aliphatic carbocycles. The minimum Gasteiger partial charge on any atom is -0.384 e. The molecule has 1 rings (SSSR count). The number of sulfonamides is 1. The molecule has 0 saturated heterocycles. The van der Waals surface area contributed by atoms with Crippen molar-refractivity contribution in [1.29, 1.82) is 0 Å². The van der Waals surface area contributed by atoms with Crippen LogP contribution in [0.25, 0.3) is 0 Å². The van der Waals surface area contributed by atoms with Crippen molar-refractivity contribution in [3.05, 3.63) is 23.4 Å². The average molecular weight is 300 g/mol. The molecular weight excluding hydrogens is 280 g/mol. The number of aromatic nitrogens is 1. The molecule has 8 heteroatoms. The lowest BCUT2D eigenvalue weighted by atomic mass is 9.90. The van der Waals surface area contributed by atoms with Gasteiger partial charge < -0.3 is 11.1 Å². The Kier molecular flexibility index (Phi) is 4.72. The molecule has 0 bridgehead atoms. The Morgan fingerprint density at radius 2 is 1.95 bits per heavy atom. The lowest BCUT2D eigenvalue weighted by Gasteiger charge is -2.19. The summed E-state index contributed by atoms with van der Waals surface area (Å²) < 4.78 is 21.6. The number of carbonyl (C=O) groups excluding carboxylic acids is 1. The molecule has 20 heavy (non-hydrogen) atoms. The van der Waals surface area contributed by atoms with Crippen LogP contribution in [-0.4, -0.2) is 31.6 Å². The number of hydrogen-bond acceptors (Lipinski definition) is 5. The van der Waals surface area contributed by atoms with E-state index < -0.39 is 15.9 Å². The number of nitrogen functional groups attached to an aromatic ring is 1. The first-order valence-electron chi connectivity index (χ1n) is 6.06. The number of hydrogen-bond donors (Lipinski definition) is 3. The van der Waals surface area contributed by atoms with Crippen molar-refractivity contribution in [1.82, 2.24) is 10.3 Å². The maximum absolute atomic E-state index is 11.9. The van der Waals surface area contributed by atoms with Crippen molar-refractivity contribution in [2.45, 2.75) is 26.2 Å². The van der Waals surface area contributed by atoms with Crippen LogP contribution in [0.3, 0.4) is 0 Å². The molecule has 0 spiro atoms. The summed E-state index contributed by atoms with van der Waals surface area (Å²) in [6.07, 6.45) is 0. The largest absolute Gasteiger partial charge is 0.384 e. The molecule has 112 valence electrons. The van der Waals surface area contributed by atoms with Gasteiger partial charge >= 0.3 is 0 Å². The number of nitrogens with zero attached hydrogens (tertiary/aromatic N) is 1. The second kappa shape index (κ2) is 5.76. The maximum atomic E-state index is 11.9. The summed E-state index contributed by atoms with van der Waals surface area (Å²) in [6, 6.07) is 3.09. The Hall–Kier alpha value is -1.67. The molecular formula is C12H20N4O3S. The Morgan fingerprint density at radius 3 is 2.45 bits per heavy atom. The molecule has 0 radical (unpaired) electrons. The van der Waals surface area contributed by atoms with Crippen molar-refractivity contribution in [3.63, 3.8) is 0 Å². The van der Waals surface area contributed by atoms with Crippen molar-refractivity contribution in [2.24, 2.45) is 5.14 Å². The van der Waals surface area contributed by atoms with Crippen LogP contribution in [0.5, 0.6) is 0 Å². The Balaban J connectivity index is 2.86. The Labute approximate surface area is 118 Å². The molecule has 0 aliphatic rings. The monoisotopic (exact) mass is 300 g/mol. The molecule has 0 atom stereocenters. The van der Waals surface area contributed by atoms with Gasteiger partial charge in [-0.1, -0.05) is 20.8 Å². The molecule has 0 aliphatic heterocycles. The van der Waals surface area contributed by atoms with Crippen LogP contribution in [0.2, 0.25) is 0 Å². The summed E-state index contributed by atoms with van der Waals surface area (Å²) in [6.45, 7) is 5.82. The number of nitrogens with one attached hydrogen (secondary N) is 1. The highest BCUT2D eigenvalue weighted by Crippen LogP contribution is 2.22. The first-order chi connectivity index (χ1) is 8.99. The predicted octanol–water partition coefficient (Wildman–Crippen LogP) is -0.0204. The summed E-state index contributed by atoms with van der Waals surface area (Å²) in [5, 5.41) is 7.34. The minimum absolute atomic E-state index is 0.0508. The van der Waals surface area contributed by atoms with Gasteiger partial charge in [-0.05, 0) is 12.1 Å². The van der Waals surface area contributed by atoms with E-state index in [0.717, 1.165) is 0 Å². The fraction of sp³-hybridized carbons (Fsp3) is 0.500. The SMILES string of the molecule is CC(C)(C)c1cc(C(=O)NCCS(N)(=O)=O)cc(N)n1. The number of pyridine rings is 1. The second-order valence-corrected chi connectivity index (χ2v) is 7.27. The first-order valence-corrected chi connectivity index (χ1v) is 7.77. The van der Waals surface area contributed by atoms with Gasteiger partial charge in [0, 0.05) is 23.2 Å². The third-order valence-electron chi connectivity index (χ3n) is 2.55. The number of rotatable bonds is 4. The van der Waals surface area contributed by atoms with Crippen molar-refractivity contribution in [2.75, 3.05) is 18.0 Å². The van der Waals surface area contributed by atoms with E-state index in [1.54, 1.807) is 6.07 Å². The van der Waals surface area contributed by atoms with Gasteiger partial charge in [-0.25, -0.2) is 18.5 Å². The highest BCUT2D eigenvalue weighted by Gasteiger charge is 2.18. The molecule has 0 saturated carbocycles. The highest BCUT2D eigenvalue weighted by molar-refractivity contribution is 7.89. The quantitative estimate of drug-likeness (QED) is 0.720. The van der Waals surface area contributed by atoms with Crippen LogP contribution in [0.4, 0.5) is 5.82 Å². The number of nitrogens with two attached hydrogens (primary N) is 2. The van der Waals surface area contributed by atoms with Gasteiger partial charge in [-0.2, -0.15) is 0 Å². The van der Waals surface area contributed by atoms with E-state index in [1.807, 2.05) is 20.8 Å². The van der Waals surface area contributed by atoms with Gasteiger partial charge in [0.1, 0.15) is 5.82 Å². The molecule has 7 nitrogen and oxygen atoms in total. The lowest BCUT2D eigenvalue weighted by molar-refractivity contribution is 0.0956. The fourth-order valence-corrected chi connectivity index (χ4v) is 1.86. The summed E-state index contributed by atoms with van der Waals surface area (Å²) in [5.41, 5.74) is 6.47. The fourth-order valence-electron chi connectivity index (χ4n) is 1.48. The average Bonchev–Trinajstić information content (AvgIpc) is 2.25. The van der Waals surface area contributed by atoms with Crippen LogP contribution in [0, 0.1) is 0 Å². The van der Waals surface area contributed by atoms with E-state index in [1.165, 1.54) is 6.07 Å². The summed E-state index contributed by atoms with van der Waals surface area (Å²) in [5.74, 6) is -0.479. The minimum atomic E-state index is -3.59. The third-order valence-corrected chi connectivity index (χ3v) is 3.32. The van der Waals surface area contributed by atoms with E-state index in [-0.39, 0.29) is 23.5 Å². The number of amides is 1. The van der Waals surface area contributed by atoms with Crippen LogP contribution < -0.4 is 16.2 Å². The van der Waals surface area contributed by atoms with E-state index in [2.05, 4.69) is 10.3 Å². The van der Waals surface area contributed by atoms with Crippen LogP contribution in [-0.2, 0) is 15.4 Å². The molecule has 1 amide bonds. The van der Waals surface area contributed by atoms with Crippen LogP contribution >= 0.6 is 0 Å². The zero-order valence-corrected chi connectivity index (χ0v) is 12.6. The molecule has 5 N–H and O–H groups in total. The van der Waals surface area contributed by atoms with Crippen LogP contribution in [0.1, 0.15) is 36.8 Å². The van der Waals surface area contributed by atoms with Gasteiger partial charge in [0.2, 0.25) is 10.0 Å². The Bertz CT molecular complexity index is 606. The predicted molar refractivity (Wildman–Crippen MR) is 77.7 cm³/mol. The van der Waals surface area contributed by atoms with Gasteiger partial charge in [0.05, 0.1) is 5.75 Å². The molecule has 0 unspecified atom stereocenters. The lowest BCUT2D eigenvalue weighted by Crippen LogP contribution is -2.31. The van der Waals surface area contributed by atoms with Crippen molar-refractivity contribution in [3.8, 4) is 0 Å². The number of anilines is 1. The third kappa shape index (κ3) is 5.14. The highest BCUT2D eigenvalue weighted by atomic mass is 32.2. The van der Waals surface area contributed by atoms with Crippen molar-refractivity contribution >= 4 is 21.7 Å². The Morgan fingerprint density at radius 1 is 1.35 bits per heavy atom. The molecule has 0 aromatic carbocycles. The normalized spacial score (nSPS) is 12.2. The zero-order valence-electron chi connectivity index (χ0n) is 11.8. The zero-order chi connectivity index (χ0) is 15.6. The van der Waals surface area contributed by atoms with E-state index >= 15 is 0 Å². The smallest absolute Gasteiger partial charge is 0.251 e.